The van der Waals surface area contributed by atoms with Crippen LogP contribution in [0.3, 0.4) is 0 Å². The van der Waals surface area contributed by atoms with Crippen LogP contribution in [0.4, 0.5) is 19.3 Å². The van der Waals surface area contributed by atoms with Gasteiger partial charge in [-0.15, -0.1) is 0 Å². The average molecular weight is 489 g/mol. The van der Waals surface area contributed by atoms with Crippen LogP contribution in [-0.2, 0) is 15.1 Å². The van der Waals surface area contributed by atoms with Gasteiger partial charge in [0.25, 0.3) is 5.91 Å². The zero-order valence-corrected chi connectivity index (χ0v) is 18.7. The van der Waals surface area contributed by atoms with Gasteiger partial charge in [0.2, 0.25) is 5.91 Å². The fraction of sp³-hybridized carbons (Fsp3) is 0.115. The van der Waals surface area contributed by atoms with Crippen molar-refractivity contribution in [2.45, 2.75) is 12.5 Å². The van der Waals surface area contributed by atoms with Crippen LogP contribution in [0.15, 0.2) is 60.7 Å². The summed E-state index contributed by atoms with van der Waals surface area (Å²) in [5.74, 6) is -4.54. The van der Waals surface area contributed by atoms with Crippen molar-refractivity contribution < 1.29 is 32.8 Å². The number of benzene rings is 3. The van der Waals surface area contributed by atoms with E-state index >= 15 is 0 Å². The smallest absolute Gasteiger partial charge is 0.325 e. The molecule has 36 heavy (non-hydrogen) atoms. The molecular formula is C26H17F2N3O5. The predicted molar refractivity (Wildman–Crippen MR) is 122 cm³/mol. The monoisotopic (exact) mass is 489 g/mol. The molecule has 1 fully saturated rings. The maximum Gasteiger partial charge on any atom is 0.325 e. The van der Waals surface area contributed by atoms with Crippen molar-refractivity contribution in [1.29, 1.82) is 0 Å². The molecule has 1 heterocycles. The lowest BCUT2D eigenvalue weighted by Gasteiger charge is -2.22. The Morgan fingerprint density at radius 1 is 0.861 bits per heavy atom. The number of nitrogens with zero attached hydrogens (tertiary/aromatic N) is 1. The number of carbonyl (C=O) groups is 5. The summed E-state index contributed by atoms with van der Waals surface area (Å²) in [4.78, 5) is 64.4. The second-order valence-electron chi connectivity index (χ2n) is 8.59. The van der Waals surface area contributed by atoms with Gasteiger partial charge in [0, 0.05) is 27.9 Å². The van der Waals surface area contributed by atoms with Crippen molar-refractivity contribution in [2.24, 2.45) is 0 Å². The minimum atomic E-state index is -1.70. The number of imide groups is 1. The van der Waals surface area contributed by atoms with Crippen molar-refractivity contribution in [2.75, 3.05) is 11.9 Å². The zero-order valence-electron chi connectivity index (χ0n) is 18.7. The maximum atomic E-state index is 13.7. The average Bonchev–Trinajstić information content (AvgIpc) is 3.07. The Labute approximate surface area is 202 Å². The van der Waals surface area contributed by atoms with Crippen molar-refractivity contribution in [3.05, 3.63) is 100 Å². The van der Waals surface area contributed by atoms with Gasteiger partial charge in [-0.2, -0.15) is 0 Å². The number of amides is 4. The molecule has 180 valence electrons. The van der Waals surface area contributed by atoms with Gasteiger partial charge in [0.05, 0.1) is 0 Å². The number of rotatable bonds is 4. The lowest BCUT2D eigenvalue weighted by molar-refractivity contribution is -0.133. The number of hydrogen-bond acceptors (Lipinski definition) is 5. The largest absolute Gasteiger partial charge is 0.325 e. The Balaban J connectivity index is 1.34. The Morgan fingerprint density at radius 3 is 2.17 bits per heavy atom. The van der Waals surface area contributed by atoms with Crippen LogP contribution < -0.4 is 10.6 Å². The molecule has 0 saturated carbocycles. The number of hydrogen-bond donors (Lipinski definition) is 2. The SMILES string of the molecule is CC1(c2ccc(F)c(F)c2)NC(=O)N(CC(=O)Nc2ccc3c(c2)C(=O)c2ccccc2C3=O)C1=O. The normalized spacial score (nSPS) is 18.6. The Bertz CT molecular complexity index is 1520. The number of urea groups is 1. The first-order chi connectivity index (χ1) is 17.1. The van der Waals surface area contributed by atoms with Crippen LogP contribution in [-0.4, -0.2) is 40.9 Å². The summed E-state index contributed by atoms with van der Waals surface area (Å²) in [5.41, 5.74) is -0.609. The van der Waals surface area contributed by atoms with E-state index in [2.05, 4.69) is 10.6 Å². The first kappa shape index (κ1) is 23.0. The standard InChI is InChI=1S/C26H17F2N3O5/c1-26(13-6-9-19(27)20(28)10-13)24(35)31(25(36)30-26)12-21(32)29-14-7-8-17-18(11-14)23(34)16-5-3-2-4-15(16)22(17)33/h2-11H,12H2,1H3,(H,29,32)(H,30,36). The number of halogens is 2. The van der Waals surface area contributed by atoms with Crippen molar-refractivity contribution in [3.8, 4) is 0 Å². The van der Waals surface area contributed by atoms with Crippen molar-refractivity contribution in [3.63, 3.8) is 0 Å². The molecule has 2 N–H and O–H groups in total. The first-order valence-electron chi connectivity index (χ1n) is 10.8. The van der Waals surface area contributed by atoms with E-state index in [4.69, 9.17) is 0 Å². The second-order valence-corrected chi connectivity index (χ2v) is 8.59. The third kappa shape index (κ3) is 3.54. The third-order valence-corrected chi connectivity index (χ3v) is 6.28. The minimum Gasteiger partial charge on any atom is -0.325 e. The molecule has 2 aliphatic rings. The van der Waals surface area contributed by atoms with Crippen LogP contribution in [0.1, 0.15) is 44.3 Å². The van der Waals surface area contributed by atoms with Crippen LogP contribution >= 0.6 is 0 Å². The predicted octanol–water partition coefficient (Wildman–Crippen LogP) is 3.15. The highest BCUT2D eigenvalue weighted by molar-refractivity contribution is 6.28. The number of anilines is 1. The summed E-state index contributed by atoms with van der Waals surface area (Å²) in [7, 11) is 0. The highest BCUT2D eigenvalue weighted by atomic mass is 19.2. The van der Waals surface area contributed by atoms with Crippen molar-refractivity contribution in [1.82, 2.24) is 10.2 Å². The summed E-state index contributed by atoms with van der Waals surface area (Å²) in [6.07, 6.45) is 0. The van der Waals surface area contributed by atoms with E-state index < -0.39 is 41.6 Å². The fourth-order valence-corrected chi connectivity index (χ4v) is 4.36. The van der Waals surface area contributed by atoms with E-state index in [0.29, 0.717) is 10.5 Å². The van der Waals surface area contributed by atoms with E-state index in [-0.39, 0.29) is 39.5 Å². The molecule has 0 radical (unpaired) electrons. The van der Waals surface area contributed by atoms with Crippen LogP contribution in [0.5, 0.6) is 0 Å². The van der Waals surface area contributed by atoms with E-state index in [1.165, 1.54) is 31.2 Å². The molecule has 1 aliphatic heterocycles. The Kier molecular flexibility index (Phi) is 5.24. The summed E-state index contributed by atoms with van der Waals surface area (Å²) < 4.78 is 27.0. The molecule has 0 aromatic heterocycles. The van der Waals surface area contributed by atoms with Gasteiger partial charge < -0.3 is 10.6 Å². The molecule has 5 rings (SSSR count). The highest BCUT2D eigenvalue weighted by Gasteiger charge is 2.49. The van der Waals surface area contributed by atoms with Gasteiger partial charge in [-0.05, 0) is 42.8 Å². The molecule has 3 aromatic rings. The summed E-state index contributed by atoms with van der Waals surface area (Å²) >= 11 is 0. The maximum absolute atomic E-state index is 13.7. The zero-order chi connectivity index (χ0) is 25.8. The van der Waals surface area contributed by atoms with E-state index in [0.717, 1.165) is 12.1 Å². The number of ketones is 2. The van der Waals surface area contributed by atoms with Gasteiger partial charge >= 0.3 is 6.03 Å². The molecule has 10 heteroatoms. The van der Waals surface area contributed by atoms with E-state index in [9.17, 15) is 32.8 Å². The Morgan fingerprint density at radius 2 is 1.50 bits per heavy atom. The molecule has 1 atom stereocenters. The molecule has 1 saturated heterocycles. The number of carbonyl (C=O) groups excluding carboxylic acids is 5. The van der Waals surface area contributed by atoms with Gasteiger partial charge in [-0.1, -0.05) is 30.3 Å². The van der Waals surface area contributed by atoms with Crippen LogP contribution in [0.2, 0.25) is 0 Å². The van der Waals surface area contributed by atoms with Crippen molar-refractivity contribution >= 4 is 35.1 Å². The highest BCUT2D eigenvalue weighted by Crippen LogP contribution is 2.31. The van der Waals surface area contributed by atoms with Gasteiger partial charge in [0.1, 0.15) is 12.1 Å². The molecular weight excluding hydrogens is 472 g/mol. The molecule has 0 bridgehead atoms. The molecule has 1 unspecified atom stereocenters. The third-order valence-electron chi connectivity index (χ3n) is 6.28. The fourth-order valence-electron chi connectivity index (χ4n) is 4.36. The lowest BCUT2D eigenvalue weighted by Crippen LogP contribution is -2.42. The quantitative estimate of drug-likeness (QED) is 0.428. The molecule has 1 aliphatic carbocycles. The first-order valence-corrected chi connectivity index (χ1v) is 10.8. The second kappa shape index (κ2) is 8.19. The van der Waals surface area contributed by atoms with Crippen LogP contribution in [0, 0.1) is 11.6 Å². The summed E-state index contributed by atoms with van der Waals surface area (Å²) in [5, 5.41) is 4.93. The van der Waals surface area contributed by atoms with Gasteiger partial charge in [-0.3, -0.25) is 24.1 Å². The van der Waals surface area contributed by atoms with E-state index in [1.807, 2.05) is 0 Å². The molecule has 8 nitrogen and oxygen atoms in total. The summed E-state index contributed by atoms with van der Waals surface area (Å²) in [6.45, 7) is 0.651. The summed E-state index contributed by atoms with van der Waals surface area (Å²) in [6, 6.07) is 12.6. The van der Waals surface area contributed by atoms with Gasteiger partial charge in [0.15, 0.2) is 23.2 Å². The molecule has 4 amide bonds. The topological polar surface area (TPSA) is 113 Å². The van der Waals surface area contributed by atoms with Crippen LogP contribution in [0.25, 0.3) is 0 Å². The number of fused-ring (bicyclic) bond motifs is 2. The van der Waals surface area contributed by atoms with Gasteiger partial charge in [-0.25, -0.2) is 13.6 Å². The Hall–Kier alpha value is -4.73. The number of nitrogens with one attached hydrogen (secondary N) is 2. The molecule has 3 aromatic carbocycles. The molecule has 0 spiro atoms. The van der Waals surface area contributed by atoms with E-state index in [1.54, 1.807) is 24.3 Å². The lowest BCUT2D eigenvalue weighted by atomic mass is 9.84. The minimum absolute atomic E-state index is 0.0146.